The Bertz CT molecular complexity index is 1320. The summed E-state index contributed by atoms with van der Waals surface area (Å²) in [6.45, 7) is 2.75. The highest BCUT2D eigenvalue weighted by molar-refractivity contribution is 7.91. The maximum atomic E-state index is 14.2. The lowest BCUT2D eigenvalue weighted by Crippen LogP contribution is -2.25. The quantitative estimate of drug-likeness (QED) is 0.227. The van der Waals surface area contributed by atoms with Crippen LogP contribution in [-0.4, -0.2) is 32.0 Å². The average Bonchev–Trinajstić information content (AvgIpc) is 2.74. The Kier molecular flexibility index (Phi) is 10.2. The number of carbonyl (C=O) groups excluding carboxylic acids is 1. The Morgan fingerprint density at radius 1 is 1.05 bits per heavy atom. The molecule has 1 unspecified atom stereocenters. The highest BCUT2D eigenvalue weighted by Gasteiger charge is 2.41. The number of allylic oxidation sites excluding steroid dienone is 1. The largest absolute Gasteiger partial charge is 0.417 e. The summed E-state index contributed by atoms with van der Waals surface area (Å²) in [7, 11) is -3.83. The number of carbonyl (C=O) groups is 1. The molecule has 0 bridgehead atoms. The van der Waals surface area contributed by atoms with Crippen molar-refractivity contribution in [2.45, 2.75) is 44.5 Å². The molecule has 2 atom stereocenters. The van der Waals surface area contributed by atoms with Gasteiger partial charge in [-0.3, -0.25) is 4.79 Å². The fraction of sp³-hybridized carbons (Fsp3) is 0.375. The summed E-state index contributed by atoms with van der Waals surface area (Å²) < 4.78 is 109. The van der Waals surface area contributed by atoms with Gasteiger partial charge in [-0.1, -0.05) is 66.9 Å². The molecule has 0 saturated carbocycles. The van der Waals surface area contributed by atoms with Crippen LogP contribution in [0.1, 0.15) is 64.7 Å². The zero-order valence-corrected chi connectivity index (χ0v) is 22.9. The van der Waals surface area contributed by atoms with Crippen LogP contribution in [0.4, 0.5) is 26.3 Å². The number of amides is 1. The summed E-state index contributed by atoms with van der Waals surface area (Å²) in [5.74, 6) is -6.21. The van der Waals surface area contributed by atoms with Crippen LogP contribution in [0.5, 0.6) is 0 Å². The van der Waals surface area contributed by atoms with Crippen LogP contribution in [0.2, 0.25) is 15.1 Å². The van der Waals surface area contributed by atoms with Gasteiger partial charge < -0.3 is 5.73 Å². The molecule has 0 aliphatic rings. The molecule has 0 aliphatic carbocycles. The molecule has 0 fully saturated rings. The number of benzene rings is 2. The van der Waals surface area contributed by atoms with Gasteiger partial charge in [-0.25, -0.2) is 8.42 Å². The third-order valence-electron chi connectivity index (χ3n) is 5.53. The van der Waals surface area contributed by atoms with E-state index in [9.17, 15) is 39.6 Å². The van der Waals surface area contributed by atoms with Crippen molar-refractivity contribution in [3.63, 3.8) is 0 Å². The van der Waals surface area contributed by atoms with Crippen LogP contribution >= 0.6 is 34.8 Å². The number of hydrogen-bond donors (Lipinski definition) is 1. The summed E-state index contributed by atoms with van der Waals surface area (Å²) in [5.41, 5.74) is 1.22. The normalized spacial score (nSPS) is 14.6. The molecule has 0 radical (unpaired) electrons. The number of halogens is 9. The van der Waals surface area contributed by atoms with Crippen molar-refractivity contribution < 1.29 is 39.6 Å². The van der Waals surface area contributed by atoms with Crippen molar-refractivity contribution >= 4 is 56.6 Å². The number of rotatable bonds is 9. The van der Waals surface area contributed by atoms with Crippen molar-refractivity contribution in [2.24, 2.45) is 5.73 Å². The van der Waals surface area contributed by atoms with Crippen LogP contribution in [0.15, 0.2) is 30.3 Å². The van der Waals surface area contributed by atoms with E-state index in [2.05, 4.69) is 0 Å². The van der Waals surface area contributed by atoms with Crippen LogP contribution in [0, 0.1) is 0 Å². The fourth-order valence-corrected chi connectivity index (χ4v) is 6.38. The van der Waals surface area contributed by atoms with Crippen LogP contribution in [-0.2, 0) is 16.0 Å². The average molecular weight is 625 g/mol. The summed E-state index contributed by atoms with van der Waals surface area (Å²) >= 11 is 17.6. The predicted octanol–water partition coefficient (Wildman–Crippen LogP) is 8.05. The van der Waals surface area contributed by atoms with E-state index in [1.165, 1.54) is 6.92 Å². The van der Waals surface area contributed by atoms with Crippen LogP contribution < -0.4 is 5.73 Å². The molecule has 14 heteroatoms. The van der Waals surface area contributed by atoms with Crippen molar-refractivity contribution in [1.29, 1.82) is 0 Å². The lowest BCUT2D eigenvalue weighted by atomic mass is 9.87. The number of alkyl halides is 6. The molecule has 2 N–H and O–H groups in total. The molecule has 0 spiro atoms. The molecule has 2 aromatic carbocycles. The number of primary amides is 1. The van der Waals surface area contributed by atoms with Gasteiger partial charge >= 0.3 is 12.4 Å². The summed E-state index contributed by atoms with van der Waals surface area (Å²) in [4.78, 5) is 11.8. The van der Waals surface area contributed by atoms with Crippen molar-refractivity contribution in [3.05, 3.63) is 73.2 Å². The molecular formula is C24H22Cl3F6NO3S. The van der Waals surface area contributed by atoms with E-state index in [1.54, 1.807) is 6.92 Å². The molecule has 1 amide bonds. The zero-order chi connectivity index (χ0) is 29.2. The Labute approximate surface area is 230 Å². The molecule has 2 rings (SSSR count). The minimum Gasteiger partial charge on any atom is -0.366 e. The molecule has 2 aromatic rings. The van der Waals surface area contributed by atoms with E-state index < -0.39 is 67.9 Å². The van der Waals surface area contributed by atoms with Gasteiger partial charge in [0.1, 0.15) is 0 Å². The summed E-state index contributed by atoms with van der Waals surface area (Å²) in [5, 5.41) is -0.710. The standard InChI is InChI=1S/C24H22Cl3F6NO3S/c1-3-8-38(36,37)11-12(2)19-13(4-6-15(22(34)35)20(19)24(31,32)33)5-7-16(23(28,29)30)14-9-17(25)21(27)18(26)10-14/h4-7,9-10,12,16H,3,8,11H2,1-2H3,(H2,34,35)/b7-5+/t12-,16?/m0/s1. The SMILES string of the molecule is CCCS(=O)(=O)C[C@H](C)c1c(/C=C/C(c2cc(Cl)c(Cl)c(Cl)c2)C(F)(F)F)ccc(C(N)=O)c1C(F)(F)F. The van der Waals surface area contributed by atoms with E-state index in [0.717, 1.165) is 30.3 Å². The van der Waals surface area contributed by atoms with Crippen molar-refractivity contribution in [3.8, 4) is 0 Å². The molecular weight excluding hydrogens is 603 g/mol. The van der Waals surface area contributed by atoms with Gasteiger partial charge in [-0.2, -0.15) is 26.3 Å². The minimum atomic E-state index is -5.17. The van der Waals surface area contributed by atoms with Gasteiger partial charge in [-0.15, -0.1) is 0 Å². The van der Waals surface area contributed by atoms with Crippen molar-refractivity contribution in [1.82, 2.24) is 0 Å². The Morgan fingerprint density at radius 3 is 2.05 bits per heavy atom. The molecule has 0 heterocycles. The monoisotopic (exact) mass is 623 g/mol. The predicted molar refractivity (Wildman–Crippen MR) is 137 cm³/mol. The highest BCUT2D eigenvalue weighted by Crippen LogP contribution is 2.43. The van der Waals surface area contributed by atoms with E-state index in [4.69, 9.17) is 40.5 Å². The first-order valence-corrected chi connectivity index (χ1v) is 13.9. The Morgan fingerprint density at radius 2 is 1.61 bits per heavy atom. The molecule has 0 aromatic heterocycles. The molecule has 0 saturated heterocycles. The summed E-state index contributed by atoms with van der Waals surface area (Å²) in [6.07, 6.45) is -8.52. The number of nitrogens with two attached hydrogens (primary N) is 1. The third kappa shape index (κ3) is 7.80. The third-order valence-corrected chi connectivity index (χ3v) is 8.76. The molecule has 4 nitrogen and oxygen atoms in total. The van der Waals surface area contributed by atoms with Gasteiger partial charge in [0.05, 0.1) is 37.9 Å². The minimum absolute atomic E-state index is 0.178. The Balaban J connectivity index is 2.81. The second-order valence-electron chi connectivity index (χ2n) is 8.55. The highest BCUT2D eigenvalue weighted by atomic mass is 35.5. The summed E-state index contributed by atoms with van der Waals surface area (Å²) in [6, 6.07) is 3.58. The van der Waals surface area contributed by atoms with Gasteiger partial charge in [0, 0.05) is 5.75 Å². The van der Waals surface area contributed by atoms with Gasteiger partial charge in [0.25, 0.3) is 0 Å². The van der Waals surface area contributed by atoms with E-state index >= 15 is 0 Å². The maximum Gasteiger partial charge on any atom is 0.417 e. The first-order valence-electron chi connectivity index (χ1n) is 10.9. The van der Waals surface area contributed by atoms with Crippen molar-refractivity contribution in [2.75, 3.05) is 11.5 Å². The number of sulfone groups is 1. The van der Waals surface area contributed by atoms with Gasteiger partial charge in [0.15, 0.2) is 9.84 Å². The van der Waals surface area contributed by atoms with E-state index in [-0.39, 0.29) is 32.8 Å². The van der Waals surface area contributed by atoms with E-state index in [1.807, 2.05) is 0 Å². The molecule has 210 valence electrons. The van der Waals surface area contributed by atoms with Crippen LogP contribution in [0.3, 0.4) is 0 Å². The fourth-order valence-electron chi connectivity index (χ4n) is 4.04. The molecule has 0 aliphatic heterocycles. The lowest BCUT2D eigenvalue weighted by molar-refractivity contribution is -0.140. The van der Waals surface area contributed by atoms with Crippen LogP contribution in [0.25, 0.3) is 6.08 Å². The molecule has 38 heavy (non-hydrogen) atoms. The van der Waals surface area contributed by atoms with E-state index in [0.29, 0.717) is 6.08 Å². The zero-order valence-electron chi connectivity index (χ0n) is 19.9. The topological polar surface area (TPSA) is 77.2 Å². The first kappa shape index (κ1) is 32.3. The number of hydrogen-bond acceptors (Lipinski definition) is 3. The second kappa shape index (κ2) is 12.1. The van der Waals surface area contributed by atoms with Gasteiger partial charge in [0.2, 0.25) is 5.91 Å². The smallest absolute Gasteiger partial charge is 0.366 e. The lowest BCUT2D eigenvalue weighted by Gasteiger charge is -2.24. The van der Waals surface area contributed by atoms with Gasteiger partial charge in [-0.05, 0) is 47.2 Å². The maximum absolute atomic E-state index is 14.2. The first-order chi connectivity index (χ1) is 17.3. The Hall–Kier alpha value is -1.95. The second-order valence-corrected chi connectivity index (χ2v) is 12.0.